The summed E-state index contributed by atoms with van der Waals surface area (Å²) in [4.78, 5) is 0.0312. The quantitative estimate of drug-likeness (QED) is 0.814. The van der Waals surface area contributed by atoms with Gasteiger partial charge >= 0.3 is 0 Å². The number of halogens is 2. The topological polar surface area (TPSA) is 43.4 Å². The summed E-state index contributed by atoms with van der Waals surface area (Å²) in [6.07, 6.45) is 0. The van der Waals surface area contributed by atoms with Crippen LogP contribution in [0.25, 0.3) is 0 Å². The molecule has 0 atom stereocenters. The van der Waals surface area contributed by atoms with Crippen LogP contribution in [0, 0.1) is 5.82 Å². The van der Waals surface area contributed by atoms with Crippen molar-refractivity contribution in [1.29, 1.82) is 0 Å². The summed E-state index contributed by atoms with van der Waals surface area (Å²) in [5.41, 5.74) is 0.758. The average molecular weight is 301 g/mol. The van der Waals surface area contributed by atoms with E-state index >= 15 is 0 Å². The Balaban J connectivity index is 2.05. The summed E-state index contributed by atoms with van der Waals surface area (Å²) >= 11 is 0. The maximum absolute atomic E-state index is 12.9. The van der Waals surface area contributed by atoms with Crippen molar-refractivity contribution in [2.24, 2.45) is 0 Å². The highest BCUT2D eigenvalue weighted by Gasteiger charge is 2.08. The van der Waals surface area contributed by atoms with Gasteiger partial charge < -0.3 is 4.74 Å². The Bertz CT molecular complexity index is 669. The highest BCUT2D eigenvalue weighted by atomic mass is 35.7. The largest absolute Gasteiger partial charge is 0.489 e. The Morgan fingerprint density at radius 3 is 2.37 bits per heavy atom. The third-order valence-electron chi connectivity index (χ3n) is 2.41. The Morgan fingerprint density at radius 2 is 1.79 bits per heavy atom. The number of benzene rings is 2. The summed E-state index contributed by atoms with van der Waals surface area (Å²) in [7, 11) is 1.49. The standard InChI is InChI=1S/C13H10ClFO3S/c14-19(16,17)13-6-4-10(5-7-13)9-18-12-3-1-2-11(15)8-12/h1-8H,9H2. The van der Waals surface area contributed by atoms with Crippen molar-refractivity contribution in [3.63, 3.8) is 0 Å². The molecule has 0 saturated heterocycles. The second kappa shape index (κ2) is 5.59. The normalized spacial score (nSPS) is 11.3. The first kappa shape index (κ1) is 13.8. The van der Waals surface area contributed by atoms with Gasteiger partial charge in [0.1, 0.15) is 18.2 Å². The zero-order valence-electron chi connectivity index (χ0n) is 9.71. The lowest BCUT2D eigenvalue weighted by molar-refractivity contribution is 0.304. The molecule has 19 heavy (non-hydrogen) atoms. The maximum Gasteiger partial charge on any atom is 0.261 e. The SMILES string of the molecule is O=S(=O)(Cl)c1ccc(COc2cccc(F)c2)cc1. The lowest BCUT2D eigenvalue weighted by Gasteiger charge is -2.06. The van der Waals surface area contributed by atoms with Crippen LogP contribution in [-0.4, -0.2) is 8.42 Å². The summed E-state index contributed by atoms with van der Waals surface area (Å²) < 4.78 is 40.4. The molecular formula is C13H10ClFO3S. The molecule has 0 N–H and O–H groups in total. The Morgan fingerprint density at radius 1 is 1.11 bits per heavy atom. The van der Waals surface area contributed by atoms with Crippen molar-refractivity contribution in [3.8, 4) is 5.75 Å². The zero-order chi connectivity index (χ0) is 13.9. The molecular weight excluding hydrogens is 291 g/mol. The minimum Gasteiger partial charge on any atom is -0.489 e. The molecule has 100 valence electrons. The van der Waals surface area contributed by atoms with Crippen LogP contribution in [0.1, 0.15) is 5.56 Å². The van der Waals surface area contributed by atoms with Crippen LogP contribution in [0.5, 0.6) is 5.75 Å². The number of hydrogen-bond donors (Lipinski definition) is 0. The molecule has 0 bridgehead atoms. The number of rotatable bonds is 4. The van der Waals surface area contributed by atoms with Gasteiger partial charge in [0.2, 0.25) is 0 Å². The molecule has 0 aliphatic carbocycles. The van der Waals surface area contributed by atoms with E-state index in [-0.39, 0.29) is 17.3 Å². The molecule has 0 saturated carbocycles. The Kier molecular flexibility index (Phi) is 4.07. The molecule has 3 nitrogen and oxygen atoms in total. The number of hydrogen-bond acceptors (Lipinski definition) is 3. The molecule has 0 aliphatic heterocycles. The fraction of sp³-hybridized carbons (Fsp3) is 0.0769. The van der Waals surface area contributed by atoms with Crippen molar-refractivity contribution in [1.82, 2.24) is 0 Å². The molecule has 0 aromatic heterocycles. The molecule has 0 amide bonds. The van der Waals surface area contributed by atoms with Crippen LogP contribution in [0.4, 0.5) is 4.39 Å². The van der Waals surface area contributed by atoms with E-state index in [1.165, 1.54) is 24.3 Å². The smallest absolute Gasteiger partial charge is 0.261 e. The highest BCUT2D eigenvalue weighted by molar-refractivity contribution is 8.13. The fourth-order valence-corrected chi connectivity index (χ4v) is 2.24. The van der Waals surface area contributed by atoms with Gasteiger partial charge in [-0.3, -0.25) is 0 Å². The molecule has 0 aliphatic rings. The van der Waals surface area contributed by atoms with Gasteiger partial charge in [-0.2, -0.15) is 0 Å². The van der Waals surface area contributed by atoms with E-state index < -0.39 is 9.05 Å². The third-order valence-corrected chi connectivity index (χ3v) is 3.78. The van der Waals surface area contributed by atoms with Crippen LogP contribution in [0.3, 0.4) is 0 Å². The van der Waals surface area contributed by atoms with Gasteiger partial charge in [-0.15, -0.1) is 0 Å². The van der Waals surface area contributed by atoms with Crippen molar-refractivity contribution in [2.45, 2.75) is 11.5 Å². The van der Waals surface area contributed by atoms with Crippen LogP contribution >= 0.6 is 10.7 Å². The fourth-order valence-electron chi connectivity index (χ4n) is 1.47. The van der Waals surface area contributed by atoms with E-state index in [1.54, 1.807) is 24.3 Å². The summed E-state index contributed by atoms with van der Waals surface area (Å²) in [5, 5.41) is 0. The summed E-state index contributed by atoms with van der Waals surface area (Å²) in [6, 6.07) is 11.8. The molecule has 2 aromatic carbocycles. The Labute approximate surface area is 115 Å². The molecule has 0 radical (unpaired) electrons. The lowest BCUT2D eigenvalue weighted by Crippen LogP contribution is -1.97. The van der Waals surface area contributed by atoms with Crippen LogP contribution in [-0.2, 0) is 15.7 Å². The first-order valence-electron chi connectivity index (χ1n) is 5.37. The van der Waals surface area contributed by atoms with Gasteiger partial charge in [0.05, 0.1) is 4.90 Å². The third kappa shape index (κ3) is 3.94. The summed E-state index contributed by atoms with van der Waals surface area (Å²) in [6.45, 7) is 0.214. The highest BCUT2D eigenvalue weighted by Crippen LogP contribution is 2.17. The minimum absolute atomic E-state index is 0.0312. The van der Waals surface area contributed by atoms with Crippen molar-refractivity contribution < 1.29 is 17.5 Å². The molecule has 0 unspecified atom stereocenters. The van der Waals surface area contributed by atoms with Crippen LogP contribution < -0.4 is 4.74 Å². The monoisotopic (exact) mass is 300 g/mol. The lowest BCUT2D eigenvalue weighted by atomic mass is 10.2. The van der Waals surface area contributed by atoms with Crippen molar-refractivity contribution in [2.75, 3.05) is 0 Å². The second-order valence-corrected chi connectivity index (χ2v) is 6.39. The molecule has 0 heterocycles. The molecule has 0 spiro atoms. The van der Waals surface area contributed by atoms with E-state index in [1.807, 2.05) is 0 Å². The van der Waals surface area contributed by atoms with Gasteiger partial charge in [0.15, 0.2) is 0 Å². The van der Waals surface area contributed by atoms with E-state index in [0.717, 1.165) is 5.56 Å². The second-order valence-electron chi connectivity index (χ2n) is 3.83. The predicted octanol–water partition coefficient (Wildman–Crippen LogP) is 3.33. The van der Waals surface area contributed by atoms with Gasteiger partial charge in [0.25, 0.3) is 9.05 Å². The Hall–Kier alpha value is -1.59. The molecule has 0 fully saturated rings. The van der Waals surface area contributed by atoms with Crippen LogP contribution in [0.15, 0.2) is 53.4 Å². The van der Waals surface area contributed by atoms with Crippen molar-refractivity contribution in [3.05, 3.63) is 59.9 Å². The molecule has 6 heteroatoms. The maximum atomic E-state index is 12.9. The van der Waals surface area contributed by atoms with Gasteiger partial charge in [0, 0.05) is 16.7 Å². The average Bonchev–Trinajstić information content (AvgIpc) is 2.36. The van der Waals surface area contributed by atoms with E-state index in [9.17, 15) is 12.8 Å². The van der Waals surface area contributed by atoms with Gasteiger partial charge in [-0.25, -0.2) is 12.8 Å². The minimum atomic E-state index is -3.71. The summed E-state index contributed by atoms with van der Waals surface area (Å²) in [5.74, 6) is 0.0372. The van der Waals surface area contributed by atoms with Crippen LogP contribution in [0.2, 0.25) is 0 Å². The van der Waals surface area contributed by atoms with E-state index in [4.69, 9.17) is 15.4 Å². The van der Waals surface area contributed by atoms with E-state index in [0.29, 0.717) is 5.75 Å². The molecule has 2 rings (SSSR count). The van der Waals surface area contributed by atoms with Gasteiger partial charge in [-0.05, 0) is 29.8 Å². The van der Waals surface area contributed by atoms with Gasteiger partial charge in [-0.1, -0.05) is 18.2 Å². The number of ether oxygens (including phenoxy) is 1. The van der Waals surface area contributed by atoms with Crippen molar-refractivity contribution >= 4 is 19.7 Å². The predicted molar refractivity (Wildman–Crippen MR) is 70.2 cm³/mol. The first-order chi connectivity index (χ1) is 8.95. The molecule has 2 aromatic rings. The first-order valence-corrected chi connectivity index (χ1v) is 7.68. The zero-order valence-corrected chi connectivity index (χ0v) is 11.3. The van der Waals surface area contributed by atoms with E-state index in [2.05, 4.69) is 0 Å².